The molecule has 0 aliphatic carbocycles. The van der Waals surface area contributed by atoms with Crippen LogP contribution in [0.1, 0.15) is 23.6 Å². The fourth-order valence-corrected chi connectivity index (χ4v) is 5.17. The second-order valence-electron chi connectivity index (χ2n) is 8.66. The summed E-state index contributed by atoms with van der Waals surface area (Å²) in [6, 6.07) is 28.8. The van der Waals surface area contributed by atoms with Gasteiger partial charge in [-0.1, -0.05) is 66.7 Å². The van der Waals surface area contributed by atoms with Crippen molar-refractivity contribution >= 4 is 0 Å². The summed E-state index contributed by atoms with van der Waals surface area (Å²) in [4.78, 5) is 8.54. The number of hydrogen-bond acceptors (Lipinski definition) is 4. The van der Waals surface area contributed by atoms with Crippen molar-refractivity contribution in [3.8, 4) is 16.9 Å². The molecule has 0 spiro atoms. The molecule has 0 radical (unpaired) electrons. The fraction of sp³-hybridized carbons (Fsp3) is 0.333. The monoisotopic (exact) mass is 414 g/mol. The van der Waals surface area contributed by atoms with Crippen molar-refractivity contribution in [3.63, 3.8) is 0 Å². The van der Waals surface area contributed by atoms with E-state index in [1.165, 1.54) is 16.7 Å². The Labute approximate surface area is 185 Å². The molecule has 4 nitrogen and oxygen atoms in total. The Bertz CT molecular complexity index is 1020. The lowest BCUT2D eigenvalue weighted by atomic mass is 9.84. The highest BCUT2D eigenvalue weighted by Crippen LogP contribution is 2.41. The Hall–Kier alpha value is -2.66. The first-order chi connectivity index (χ1) is 15.2. The van der Waals surface area contributed by atoms with Gasteiger partial charge in [0.2, 0.25) is 0 Å². The van der Waals surface area contributed by atoms with E-state index >= 15 is 0 Å². The maximum Gasteiger partial charge on any atom is 0.126 e. The predicted octanol–water partition coefficient (Wildman–Crippen LogP) is 5.17. The number of likely N-dealkylation sites (tertiary alicyclic amines) is 1. The summed E-state index contributed by atoms with van der Waals surface area (Å²) in [7, 11) is 3.82. The third kappa shape index (κ3) is 4.11. The number of hydrogen-bond donors (Lipinski definition) is 0. The van der Waals surface area contributed by atoms with Crippen molar-refractivity contribution in [1.29, 1.82) is 0 Å². The summed E-state index contributed by atoms with van der Waals surface area (Å²) in [5.74, 6) is 1.47. The predicted molar refractivity (Wildman–Crippen MR) is 124 cm³/mol. The molecule has 0 unspecified atom stereocenters. The molecule has 31 heavy (non-hydrogen) atoms. The molecule has 3 aromatic carbocycles. The zero-order chi connectivity index (χ0) is 21.2. The molecule has 4 heteroatoms. The normalized spacial score (nSPS) is 24.1. The minimum absolute atomic E-state index is 0.347. The third-order valence-electron chi connectivity index (χ3n) is 6.80. The van der Waals surface area contributed by atoms with Crippen LogP contribution < -0.4 is 4.74 Å². The van der Waals surface area contributed by atoms with E-state index in [2.05, 4.69) is 83.7 Å². The Morgan fingerprint density at radius 3 is 2.61 bits per heavy atom. The van der Waals surface area contributed by atoms with E-state index in [1.54, 1.807) is 7.11 Å². The van der Waals surface area contributed by atoms with Crippen LogP contribution in [0.15, 0.2) is 78.9 Å². The molecule has 0 N–H and O–H groups in total. The number of piperidine rings is 1. The average molecular weight is 415 g/mol. The van der Waals surface area contributed by atoms with E-state index in [0.717, 1.165) is 37.4 Å². The van der Waals surface area contributed by atoms with Gasteiger partial charge in [0.1, 0.15) is 5.75 Å². The first kappa shape index (κ1) is 20.3. The van der Waals surface area contributed by atoms with Crippen LogP contribution in [-0.4, -0.2) is 43.3 Å². The van der Waals surface area contributed by atoms with Gasteiger partial charge in [-0.05, 0) is 35.2 Å². The molecular formula is C27H30N2O2. The van der Waals surface area contributed by atoms with Crippen molar-refractivity contribution in [2.45, 2.75) is 25.0 Å². The molecular weight excluding hydrogens is 384 g/mol. The van der Waals surface area contributed by atoms with E-state index in [-0.39, 0.29) is 0 Å². The number of para-hydroxylation sites is 1. The van der Waals surface area contributed by atoms with Crippen LogP contribution in [0.4, 0.5) is 0 Å². The van der Waals surface area contributed by atoms with Crippen LogP contribution in [0.2, 0.25) is 0 Å². The number of fused-ring (bicyclic) bond motifs is 1. The molecule has 2 aliphatic rings. The second-order valence-corrected chi connectivity index (χ2v) is 8.66. The van der Waals surface area contributed by atoms with Crippen molar-refractivity contribution in [2.24, 2.45) is 5.92 Å². The number of hydroxylamine groups is 2. The second kappa shape index (κ2) is 8.83. The highest BCUT2D eigenvalue weighted by atomic mass is 16.7. The summed E-state index contributed by atoms with van der Waals surface area (Å²) >= 11 is 0. The van der Waals surface area contributed by atoms with Crippen molar-refractivity contribution in [3.05, 3.63) is 90.0 Å². The Morgan fingerprint density at radius 1 is 0.968 bits per heavy atom. The zero-order valence-corrected chi connectivity index (χ0v) is 18.3. The van der Waals surface area contributed by atoms with Crippen LogP contribution in [0.25, 0.3) is 11.1 Å². The van der Waals surface area contributed by atoms with E-state index < -0.39 is 0 Å². The molecule has 2 saturated heterocycles. The number of methoxy groups -OCH3 is 1. The van der Waals surface area contributed by atoms with Crippen LogP contribution >= 0.6 is 0 Å². The van der Waals surface area contributed by atoms with Gasteiger partial charge in [-0.25, -0.2) is 0 Å². The molecule has 0 aromatic heterocycles. The molecule has 2 aliphatic heterocycles. The lowest BCUT2D eigenvalue weighted by Gasteiger charge is -2.42. The standard InChI is InChI=1S/C27H30N2O2/c1-28-25-16-26(29(18-23(25)19-31-28)17-20-9-4-3-5-10-20)22-12-8-11-21(15-22)24-13-6-7-14-27(24)30-2/h3-15,23,25-26H,16-19H2,1-2H3/t23-,25-,26-/m0/s1. The maximum absolute atomic E-state index is 5.90. The van der Waals surface area contributed by atoms with E-state index in [4.69, 9.17) is 9.57 Å². The first-order valence-corrected chi connectivity index (χ1v) is 11.1. The molecule has 3 atom stereocenters. The van der Waals surface area contributed by atoms with Gasteiger partial charge >= 0.3 is 0 Å². The summed E-state index contributed by atoms with van der Waals surface area (Å²) in [5, 5.41) is 2.08. The number of ether oxygens (including phenoxy) is 1. The summed E-state index contributed by atoms with van der Waals surface area (Å²) in [6.07, 6.45) is 1.07. The van der Waals surface area contributed by atoms with Gasteiger partial charge in [-0.2, -0.15) is 5.06 Å². The SMILES string of the molecule is COc1ccccc1-c1cccc([C@@H]2C[C@H]3[C@H](CON3C)CN2Cc2ccccc2)c1. The van der Waals surface area contributed by atoms with Crippen LogP contribution in [-0.2, 0) is 11.4 Å². The summed E-state index contributed by atoms with van der Waals surface area (Å²) in [5.41, 5.74) is 5.06. The van der Waals surface area contributed by atoms with Gasteiger partial charge in [0, 0.05) is 43.7 Å². The number of benzene rings is 3. The maximum atomic E-state index is 5.90. The molecule has 2 heterocycles. The van der Waals surface area contributed by atoms with Gasteiger partial charge < -0.3 is 4.74 Å². The van der Waals surface area contributed by atoms with E-state index in [1.807, 2.05) is 12.1 Å². The lowest BCUT2D eigenvalue weighted by molar-refractivity contribution is -0.114. The molecule has 2 fully saturated rings. The lowest BCUT2D eigenvalue weighted by Crippen LogP contribution is -2.46. The molecule has 0 bridgehead atoms. The van der Waals surface area contributed by atoms with Crippen molar-refractivity contribution in [1.82, 2.24) is 9.96 Å². The molecule has 160 valence electrons. The fourth-order valence-electron chi connectivity index (χ4n) is 5.17. The van der Waals surface area contributed by atoms with Gasteiger partial charge in [0.25, 0.3) is 0 Å². The zero-order valence-electron chi connectivity index (χ0n) is 18.3. The quantitative estimate of drug-likeness (QED) is 0.575. The van der Waals surface area contributed by atoms with Gasteiger partial charge in [0.15, 0.2) is 0 Å². The molecule has 3 aromatic rings. The number of rotatable bonds is 5. The largest absolute Gasteiger partial charge is 0.496 e. The topological polar surface area (TPSA) is 24.9 Å². The molecule has 0 saturated carbocycles. The minimum atomic E-state index is 0.347. The Balaban J connectivity index is 1.49. The first-order valence-electron chi connectivity index (χ1n) is 11.1. The van der Waals surface area contributed by atoms with Gasteiger partial charge in [-0.3, -0.25) is 9.74 Å². The average Bonchev–Trinajstić information content (AvgIpc) is 3.19. The third-order valence-corrected chi connectivity index (χ3v) is 6.80. The summed E-state index contributed by atoms with van der Waals surface area (Å²) in [6.45, 7) is 2.82. The van der Waals surface area contributed by atoms with Crippen molar-refractivity contribution in [2.75, 3.05) is 27.3 Å². The summed E-state index contributed by atoms with van der Waals surface area (Å²) < 4.78 is 5.62. The van der Waals surface area contributed by atoms with Crippen molar-refractivity contribution < 1.29 is 9.57 Å². The van der Waals surface area contributed by atoms with Gasteiger partial charge in [-0.15, -0.1) is 0 Å². The highest BCUT2D eigenvalue weighted by molar-refractivity contribution is 5.71. The number of nitrogens with zero attached hydrogens (tertiary/aromatic N) is 2. The Kier molecular flexibility index (Phi) is 5.77. The highest BCUT2D eigenvalue weighted by Gasteiger charge is 2.42. The molecule has 0 amide bonds. The van der Waals surface area contributed by atoms with Crippen LogP contribution in [0.5, 0.6) is 5.75 Å². The smallest absolute Gasteiger partial charge is 0.126 e. The van der Waals surface area contributed by atoms with Gasteiger partial charge in [0.05, 0.1) is 13.7 Å². The Morgan fingerprint density at radius 2 is 1.77 bits per heavy atom. The van der Waals surface area contributed by atoms with Crippen LogP contribution in [0.3, 0.4) is 0 Å². The van der Waals surface area contributed by atoms with E-state index in [9.17, 15) is 0 Å². The van der Waals surface area contributed by atoms with Crippen LogP contribution in [0, 0.1) is 5.92 Å². The molecule has 5 rings (SSSR count). The van der Waals surface area contributed by atoms with E-state index in [0.29, 0.717) is 18.0 Å². The minimum Gasteiger partial charge on any atom is -0.496 e.